The summed E-state index contributed by atoms with van der Waals surface area (Å²) in [6, 6.07) is 10.2. The number of rotatable bonds is 6. The number of aromatic nitrogens is 2. The van der Waals surface area contributed by atoms with E-state index in [2.05, 4.69) is 10.4 Å². The fraction of sp³-hybridized carbons (Fsp3) is 0.412. The summed E-state index contributed by atoms with van der Waals surface area (Å²) >= 11 is 0. The summed E-state index contributed by atoms with van der Waals surface area (Å²) in [7, 11) is 1.64. The summed E-state index contributed by atoms with van der Waals surface area (Å²) in [6.07, 6.45) is 2.41. The molecule has 0 amide bonds. The average molecular weight is 299 g/mol. The van der Waals surface area contributed by atoms with E-state index in [4.69, 9.17) is 4.74 Å². The first-order chi connectivity index (χ1) is 10.7. The molecule has 1 N–H and O–H groups in total. The molecule has 1 aliphatic rings. The zero-order valence-electron chi connectivity index (χ0n) is 13.0. The van der Waals surface area contributed by atoms with Crippen LogP contribution in [-0.4, -0.2) is 22.9 Å². The summed E-state index contributed by atoms with van der Waals surface area (Å²) < 4.78 is 6.79. The van der Waals surface area contributed by atoms with Crippen LogP contribution in [0.25, 0.3) is 11.3 Å². The van der Waals surface area contributed by atoms with E-state index in [0.717, 1.165) is 22.6 Å². The lowest BCUT2D eigenvalue weighted by atomic mass is 10.1. The third-order valence-corrected chi connectivity index (χ3v) is 3.87. The molecule has 1 aromatic carbocycles. The van der Waals surface area contributed by atoms with Crippen molar-refractivity contribution in [1.29, 1.82) is 0 Å². The van der Waals surface area contributed by atoms with Gasteiger partial charge in [0.05, 0.1) is 12.8 Å². The second kappa shape index (κ2) is 6.32. The Kier molecular flexibility index (Phi) is 4.24. The Bertz CT molecular complexity index is 720. The molecule has 0 bridgehead atoms. The van der Waals surface area contributed by atoms with Crippen molar-refractivity contribution >= 4 is 0 Å². The summed E-state index contributed by atoms with van der Waals surface area (Å²) in [5.74, 6) is 0.784. The summed E-state index contributed by atoms with van der Waals surface area (Å²) in [5, 5.41) is 7.86. The quantitative estimate of drug-likeness (QED) is 0.888. The van der Waals surface area contributed by atoms with Gasteiger partial charge in [0.2, 0.25) is 0 Å². The van der Waals surface area contributed by atoms with Gasteiger partial charge in [-0.1, -0.05) is 12.1 Å². The highest BCUT2D eigenvalue weighted by Gasteiger charge is 2.21. The molecule has 1 fully saturated rings. The van der Waals surface area contributed by atoms with Gasteiger partial charge < -0.3 is 10.1 Å². The Morgan fingerprint density at radius 2 is 2.18 bits per heavy atom. The van der Waals surface area contributed by atoms with Gasteiger partial charge >= 0.3 is 0 Å². The number of nitrogens with one attached hydrogen (secondary N) is 1. The summed E-state index contributed by atoms with van der Waals surface area (Å²) in [4.78, 5) is 12.4. The van der Waals surface area contributed by atoms with Crippen molar-refractivity contribution in [2.24, 2.45) is 0 Å². The fourth-order valence-electron chi connectivity index (χ4n) is 2.40. The number of ether oxygens (including phenoxy) is 1. The number of methoxy groups -OCH3 is 1. The van der Waals surface area contributed by atoms with E-state index in [1.54, 1.807) is 7.11 Å². The summed E-state index contributed by atoms with van der Waals surface area (Å²) in [6.45, 7) is 3.10. The van der Waals surface area contributed by atoms with Crippen LogP contribution >= 0.6 is 0 Å². The Morgan fingerprint density at radius 1 is 1.36 bits per heavy atom. The molecule has 1 aliphatic carbocycles. The fourth-order valence-corrected chi connectivity index (χ4v) is 2.40. The third kappa shape index (κ3) is 3.20. The SMILES string of the molecule is CCn1nc(-c2cccc(OC)c2)cc(CNC2CC2)c1=O. The van der Waals surface area contributed by atoms with Crippen LogP contribution in [0.15, 0.2) is 35.1 Å². The second-order valence-corrected chi connectivity index (χ2v) is 5.56. The van der Waals surface area contributed by atoms with Crippen molar-refractivity contribution in [2.45, 2.75) is 38.9 Å². The number of benzene rings is 1. The maximum Gasteiger partial charge on any atom is 0.271 e. The molecule has 0 unspecified atom stereocenters. The molecule has 5 nitrogen and oxygen atoms in total. The van der Waals surface area contributed by atoms with Crippen LogP contribution in [0.4, 0.5) is 0 Å². The van der Waals surface area contributed by atoms with Gasteiger partial charge in [-0.25, -0.2) is 4.68 Å². The molecule has 22 heavy (non-hydrogen) atoms. The first-order valence-electron chi connectivity index (χ1n) is 7.70. The van der Waals surface area contributed by atoms with E-state index in [1.165, 1.54) is 17.5 Å². The number of nitrogens with zero attached hydrogens (tertiary/aromatic N) is 2. The highest BCUT2D eigenvalue weighted by molar-refractivity contribution is 5.61. The van der Waals surface area contributed by atoms with Crippen LogP contribution in [0.1, 0.15) is 25.3 Å². The van der Waals surface area contributed by atoms with Crippen LogP contribution in [0.2, 0.25) is 0 Å². The van der Waals surface area contributed by atoms with Crippen LogP contribution in [0.3, 0.4) is 0 Å². The van der Waals surface area contributed by atoms with Crippen molar-refractivity contribution in [3.63, 3.8) is 0 Å². The van der Waals surface area contributed by atoms with E-state index in [9.17, 15) is 4.79 Å². The minimum atomic E-state index is -0.0118. The van der Waals surface area contributed by atoms with Gasteiger partial charge in [0, 0.05) is 30.3 Å². The zero-order valence-corrected chi connectivity index (χ0v) is 13.0. The maximum atomic E-state index is 12.4. The molecular formula is C17H21N3O2. The van der Waals surface area contributed by atoms with Gasteiger partial charge in [0.25, 0.3) is 5.56 Å². The van der Waals surface area contributed by atoms with Gasteiger partial charge in [-0.15, -0.1) is 0 Å². The predicted molar refractivity (Wildman–Crippen MR) is 86.0 cm³/mol. The topological polar surface area (TPSA) is 56.1 Å². The average Bonchev–Trinajstić information content (AvgIpc) is 3.38. The van der Waals surface area contributed by atoms with E-state index < -0.39 is 0 Å². The van der Waals surface area contributed by atoms with Crippen molar-refractivity contribution in [3.05, 3.63) is 46.2 Å². The monoisotopic (exact) mass is 299 g/mol. The Hall–Kier alpha value is -2.14. The number of aryl methyl sites for hydroxylation is 1. The van der Waals surface area contributed by atoms with Crippen LogP contribution in [0, 0.1) is 0 Å². The molecule has 1 aromatic heterocycles. The standard InChI is InChI=1S/C17H21N3O2/c1-3-20-17(21)13(11-18-14-7-8-14)10-16(19-20)12-5-4-6-15(9-12)22-2/h4-6,9-10,14,18H,3,7-8,11H2,1-2H3. The molecule has 0 spiro atoms. The molecule has 5 heteroatoms. The van der Waals surface area contributed by atoms with Gasteiger partial charge in [-0.2, -0.15) is 5.10 Å². The van der Waals surface area contributed by atoms with Crippen molar-refractivity contribution in [1.82, 2.24) is 15.1 Å². The van der Waals surface area contributed by atoms with Crippen molar-refractivity contribution in [3.8, 4) is 17.0 Å². The van der Waals surface area contributed by atoms with Crippen molar-refractivity contribution < 1.29 is 4.74 Å². The Morgan fingerprint density at radius 3 is 2.86 bits per heavy atom. The summed E-state index contributed by atoms with van der Waals surface area (Å²) in [5.41, 5.74) is 2.51. The molecule has 2 aromatic rings. The smallest absolute Gasteiger partial charge is 0.271 e. The Labute approximate surface area is 129 Å². The molecule has 0 radical (unpaired) electrons. The number of hydrogen-bond acceptors (Lipinski definition) is 4. The van der Waals surface area contributed by atoms with E-state index >= 15 is 0 Å². The lowest BCUT2D eigenvalue weighted by molar-refractivity contribution is 0.415. The first-order valence-corrected chi connectivity index (χ1v) is 7.70. The molecule has 0 atom stereocenters. The molecule has 116 valence electrons. The van der Waals surface area contributed by atoms with Gasteiger partial charge in [-0.05, 0) is 38.0 Å². The number of hydrogen-bond donors (Lipinski definition) is 1. The molecule has 0 aliphatic heterocycles. The lowest BCUT2D eigenvalue weighted by Gasteiger charge is -2.10. The highest BCUT2D eigenvalue weighted by atomic mass is 16.5. The lowest BCUT2D eigenvalue weighted by Crippen LogP contribution is -2.29. The highest BCUT2D eigenvalue weighted by Crippen LogP contribution is 2.23. The predicted octanol–water partition coefficient (Wildman–Crippen LogP) is 2.19. The van der Waals surface area contributed by atoms with Gasteiger partial charge in [-0.3, -0.25) is 4.79 Å². The normalized spacial score (nSPS) is 14.1. The van der Waals surface area contributed by atoms with E-state index in [1.807, 2.05) is 37.3 Å². The minimum absolute atomic E-state index is 0.0118. The molecule has 1 heterocycles. The zero-order chi connectivity index (χ0) is 15.5. The second-order valence-electron chi connectivity index (χ2n) is 5.56. The molecule has 3 rings (SSSR count). The molecule has 1 saturated carbocycles. The van der Waals surface area contributed by atoms with Crippen LogP contribution in [0.5, 0.6) is 5.75 Å². The van der Waals surface area contributed by atoms with E-state index in [-0.39, 0.29) is 5.56 Å². The van der Waals surface area contributed by atoms with Gasteiger partial charge in [0.15, 0.2) is 0 Å². The minimum Gasteiger partial charge on any atom is -0.497 e. The third-order valence-electron chi connectivity index (χ3n) is 3.87. The van der Waals surface area contributed by atoms with Crippen molar-refractivity contribution in [2.75, 3.05) is 7.11 Å². The van der Waals surface area contributed by atoms with Crippen LogP contribution in [-0.2, 0) is 13.1 Å². The maximum absolute atomic E-state index is 12.4. The molecular weight excluding hydrogens is 278 g/mol. The largest absolute Gasteiger partial charge is 0.497 e. The Balaban J connectivity index is 1.98. The van der Waals surface area contributed by atoms with Crippen LogP contribution < -0.4 is 15.6 Å². The molecule has 0 saturated heterocycles. The van der Waals surface area contributed by atoms with E-state index in [0.29, 0.717) is 19.1 Å². The first kappa shape index (κ1) is 14.8. The van der Waals surface area contributed by atoms with Gasteiger partial charge in [0.1, 0.15) is 5.75 Å².